The molecule has 14 heteroatoms. The monoisotopic (exact) mass is 621 g/mol. The summed E-state index contributed by atoms with van der Waals surface area (Å²) in [5.41, 5.74) is 1.61. The Hall–Kier alpha value is -3.51. The second-order valence-electron chi connectivity index (χ2n) is 11.9. The number of halogens is 1. The van der Waals surface area contributed by atoms with Gasteiger partial charge in [-0.1, -0.05) is 49.5 Å². The van der Waals surface area contributed by atoms with Crippen molar-refractivity contribution in [1.82, 2.24) is 15.0 Å². The van der Waals surface area contributed by atoms with Crippen LogP contribution in [0.2, 0.25) is 0 Å². The van der Waals surface area contributed by atoms with Gasteiger partial charge in [-0.3, -0.25) is 19.5 Å². The number of anilines is 1. The molecule has 44 heavy (non-hydrogen) atoms. The Labute approximate surface area is 259 Å². The number of rotatable bonds is 12. The maximum atomic E-state index is 14.4. The number of aliphatic imine (C=N–C) groups is 1. The minimum Gasteiger partial charge on any atom is -0.377 e. The van der Waals surface area contributed by atoms with E-state index in [1.165, 1.54) is 25.3 Å². The van der Waals surface area contributed by atoms with Crippen LogP contribution in [-0.4, -0.2) is 63.0 Å². The fraction of sp³-hybridized carbons (Fsp3) is 0.467. The van der Waals surface area contributed by atoms with E-state index >= 15 is 0 Å². The fourth-order valence-electron chi connectivity index (χ4n) is 6.12. The van der Waals surface area contributed by atoms with Gasteiger partial charge in [0, 0.05) is 30.1 Å². The molecule has 1 spiro atoms. The summed E-state index contributed by atoms with van der Waals surface area (Å²) >= 11 is 0. The van der Waals surface area contributed by atoms with Crippen molar-refractivity contribution in [2.24, 2.45) is 4.99 Å². The van der Waals surface area contributed by atoms with E-state index in [0.29, 0.717) is 17.7 Å². The zero-order chi connectivity index (χ0) is 31.7. The lowest BCUT2D eigenvalue weighted by Gasteiger charge is -2.39. The minimum atomic E-state index is -4.31. The minimum absolute atomic E-state index is 0.0565. The zero-order valence-corrected chi connectivity index (χ0v) is 26.8. The lowest BCUT2D eigenvalue weighted by molar-refractivity contribution is -0.132. The maximum absolute atomic E-state index is 14.4. The van der Waals surface area contributed by atoms with Gasteiger partial charge in [-0.05, 0) is 56.4 Å². The molecule has 0 saturated heterocycles. The van der Waals surface area contributed by atoms with Gasteiger partial charge in [-0.25, -0.2) is 8.42 Å². The molecule has 5 rings (SSSR count). The molecule has 1 saturated carbocycles. The highest BCUT2D eigenvalue weighted by Crippen LogP contribution is 2.43. The normalized spacial score (nSPS) is 16.6. The van der Waals surface area contributed by atoms with Crippen LogP contribution in [0.1, 0.15) is 75.7 Å². The van der Waals surface area contributed by atoms with Gasteiger partial charge in [0.15, 0.2) is 5.76 Å². The molecule has 1 aliphatic heterocycles. The van der Waals surface area contributed by atoms with Gasteiger partial charge in [0.25, 0.3) is 15.9 Å². The highest BCUT2D eigenvalue weighted by Gasteiger charge is 2.53. The number of benzene rings is 1. The molecule has 0 atom stereocenters. The van der Waals surface area contributed by atoms with Crippen molar-refractivity contribution in [3.63, 3.8) is 0 Å². The van der Waals surface area contributed by atoms with Crippen molar-refractivity contribution in [2.45, 2.75) is 88.1 Å². The van der Waals surface area contributed by atoms with Gasteiger partial charge in [-0.15, -0.1) is 0 Å². The third-order valence-electron chi connectivity index (χ3n) is 8.56. The smallest absolute Gasteiger partial charge is 0.265 e. The van der Waals surface area contributed by atoms with Crippen molar-refractivity contribution in [1.29, 1.82) is 0 Å². The Morgan fingerprint density at radius 2 is 1.95 bits per heavy atom. The van der Waals surface area contributed by atoms with Crippen LogP contribution in [0.3, 0.4) is 0 Å². The largest absolute Gasteiger partial charge is 0.377 e. The Balaban J connectivity index is 1.56. The summed E-state index contributed by atoms with van der Waals surface area (Å²) in [6, 6.07) is 8.56. The first-order valence-electron chi connectivity index (χ1n) is 15.2. The number of pyridine rings is 1. The predicted molar refractivity (Wildman–Crippen MR) is 171 cm³/mol. The summed E-state index contributed by atoms with van der Waals surface area (Å²) < 4.78 is 54.1. The molecule has 232 valence electrons. The van der Waals surface area contributed by atoms with Crippen molar-refractivity contribution in [3.05, 3.63) is 59.2 Å². The molecule has 0 bridgehead atoms. The van der Waals surface area contributed by atoms with E-state index in [9.17, 15) is 17.6 Å². The third kappa shape index (κ3) is 5.81. The van der Waals surface area contributed by atoms with Crippen LogP contribution in [-0.2, 0) is 31.5 Å². The predicted octanol–water partition coefficient (Wildman–Crippen LogP) is 3.64. The Morgan fingerprint density at radius 1 is 1.20 bits per heavy atom. The van der Waals surface area contributed by atoms with Crippen LogP contribution in [0, 0.1) is 12.7 Å². The molecular formula is C30H38B2FN5O5S. The molecule has 10 nitrogen and oxygen atoms in total. The molecule has 1 N–H and O–H groups in total. The van der Waals surface area contributed by atoms with E-state index in [0.717, 1.165) is 56.3 Å². The third-order valence-corrected chi connectivity index (χ3v) is 9.93. The van der Waals surface area contributed by atoms with Gasteiger partial charge in [-0.2, -0.15) is 4.39 Å². The van der Waals surface area contributed by atoms with E-state index < -0.39 is 32.5 Å². The molecule has 1 fully saturated rings. The molecule has 3 aromatic rings. The Kier molecular flexibility index (Phi) is 9.04. The van der Waals surface area contributed by atoms with E-state index in [1.807, 2.05) is 45.7 Å². The molecule has 1 aliphatic carbocycles. The molecule has 3 heterocycles. The molecule has 2 aliphatic rings. The van der Waals surface area contributed by atoms with Crippen LogP contribution in [0.15, 0.2) is 50.9 Å². The van der Waals surface area contributed by atoms with Crippen molar-refractivity contribution in [2.75, 3.05) is 11.3 Å². The van der Waals surface area contributed by atoms with Crippen LogP contribution in [0.4, 0.5) is 10.2 Å². The summed E-state index contributed by atoms with van der Waals surface area (Å²) in [7, 11) is -0.266. The second-order valence-corrected chi connectivity index (χ2v) is 13.6. The number of amides is 1. The number of hydrogen-bond donors (Lipinski definition) is 1. The lowest BCUT2D eigenvalue weighted by Crippen LogP contribution is -2.54. The summed E-state index contributed by atoms with van der Waals surface area (Å²) in [5, 5.41) is 2.76. The number of aryl methyl sites for hydroxylation is 1. The number of unbranched alkanes of at least 4 members (excludes halogenated alkanes) is 1. The summed E-state index contributed by atoms with van der Waals surface area (Å²) in [6.45, 7) is 5.98. The summed E-state index contributed by atoms with van der Waals surface area (Å²) in [6.07, 6.45) is 7.68. The van der Waals surface area contributed by atoms with E-state index in [2.05, 4.69) is 21.8 Å². The average molecular weight is 621 g/mol. The molecule has 2 aromatic heterocycles. The first-order valence-corrected chi connectivity index (χ1v) is 16.7. The SMILES string of the molecule is BC(B)(c1ccc(-c2ncccc2S(=O)(=O)Nc2noc(C)c2F)c(COCC)c1)N1C(=O)C2(CCCC2)N=C1CCCC. The number of ether oxygens (including phenoxy) is 1. The highest BCUT2D eigenvalue weighted by atomic mass is 32.2. The van der Waals surface area contributed by atoms with Gasteiger partial charge >= 0.3 is 0 Å². The van der Waals surface area contributed by atoms with Crippen molar-refractivity contribution < 1.29 is 26.9 Å². The second kappa shape index (κ2) is 12.5. The number of sulfonamides is 1. The number of aromatic nitrogens is 2. The van der Waals surface area contributed by atoms with Gasteiger partial charge in [0.2, 0.25) is 11.6 Å². The summed E-state index contributed by atoms with van der Waals surface area (Å²) in [4.78, 5) is 25.3. The van der Waals surface area contributed by atoms with Crippen LogP contribution in [0.5, 0.6) is 0 Å². The molecule has 0 unspecified atom stereocenters. The quantitative estimate of drug-likeness (QED) is 0.306. The molecular weight excluding hydrogens is 583 g/mol. The van der Waals surface area contributed by atoms with E-state index in [1.54, 1.807) is 0 Å². The molecule has 0 radical (unpaired) electrons. The number of hydrogen-bond acceptors (Lipinski definition) is 8. The first-order chi connectivity index (χ1) is 20.9. The average Bonchev–Trinajstić information content (AvgIpc) is 3.69. The standard InChI is InChI=1S/C30H38B2FN5O5S/c1-4-6-11-24-35-29(14-7-8-15-29)28(39)38(24)30(31,32)21-12-13-22(20(17-21)18-42-5-2)26-23(10-9-16-34-26)44(40,41)37-27-25(33)19(3)43-36-27/h9-10,12-13,16-17H,4-8,11,14-15,18,31-32H2,1-3H3,(H,36,37). The van der Waals surface area contributed by atoms with E-state index in [-0.39, 0.29) is 28.9 Å². The number of nitrogens with zero attached hydrogens (tertiary/aromatic N) is 4. The lowest BCUT2D eigenvalue weighted by atomic mass is 9.56. The van der Waals surface area contributed by atoms with Crippen LogP contribution in [0.25, 0.3) is 11.3 Å². The topological polar surface area (TPSA) is 127 Å². The molecule has 1 aromatic carbocycles. The van der Waals surface area contributed by atoms with Crippen LogP contribution >= 0.6 is 0 Å². The number of amidine groups is 1. The maximum Gasteiger partial charge on any atom is 0.265 e. The fourth-order valence-corrected chi connectivity index (χ4v) is 7.28. The molecule has 1 amide bonds. The van der Waals surface area contributed by atoms with Crippen LogP contribution < -0.4 is 4.72 Å². The summed E-state index contributed by atoms with van der Waals surface area (Å²) in [5.74, 6) is -0.663. The first kappa shape index (κ1) is 31.9. The zero-order valence-electron chi connectivity index (χ0n) is 25.9. The van der Waals surface area contributed by atoms with Crippen molar-refractivity contribution >= 4 is 43.3 Å². The Morgan fingerprint density at radius 3 is 2.61 bits per heavy atom. The number of carbonyl (C=O) groups is 1. The van der Waals surface area contributed by atoms with Gasteiger partial charge < -0.3 is 14.2 Å². The van der Waals surface area contributed by atoms with Crippen molar-refractivity contribution in [3.8, 4) is 11.3 Å². The van der Waals surface area contributed by atoms with Gasteiger partial charge in [0.1, 0.15) is 32.0 Å². The van der Waals surface area contributed by atoms with E-state index in [4.69, 9.17) is 14.3 Å². The highest BCUT2D eigenvalue weighted by molar-refractivity contribution is 7.92. The van der Waals surface area contributed by atoms with Gasteiger partial charge in [0.05, 0.1) is 12.3 Å². The number of carbonyl (C=O) groups excluding carboxylic acids is 1. The Bertz CT molecular complexity index is 1690. The number of nitrogens with one attached hydrogen (secondary N) is 1.